The summed E-state index contributed by atoms with van der Waals surface area (Å²) in [5, 5.41) is 16.9. The van der Waals surface area contributed by atoms with Crippen LogP contribution in [-0.4, -0.2) is 81.0 Å². The Kier molecular flexibility index (Phi) is 12.9. The predicted molar refractivity (Wildman–Crippen MR) is 70.3 cm³/mol. The average Bonchev–Trinajstić information content (AvgIpc) is 2.46. The van der Waals surface area contributed by atoms with Gasteiger partial charge in [-0.15, -0.1) is 0 Å². The van der Waals surface area contributed by atoms with E-state index in [-0.39, 0.29) is 59.3 Å². The monoisotopic (exact) mass is 309 g/mol. The lowest BCUT2D eigenvalue weighted by atomic mass is 10.2. The number of carbonyl (C=O) groups is 2. The maximum Gasteiger partial charge on any atom is 0.323 e. The summed E-state index contributed by atoms with van der Waals surface area (Å²) in [5.41, 5.74) is 5.49. The fourth-order valence-corrected chi connectivity index (χ4v) is 1.18. The highest BCUT2D eigenvalue weighted by molar-refractivity contribution is 5.82. The number of nitrogens with two attached hydrogens (primary N) is 1. The fourth-order valence-electron chi connectivity index (χ4n) is 1.18. The van der Waals surface area contributed by atoms with Gasteiger partial charge in [-0.2, -0.15) is 0 Å². The van der Waals surface area contributed by atoms with Crippen LogP contribution in [-0.2, 0) is 28.5 Å². The van der Waals surface area contributed by atoms with Crippen LogP contribution < -0.4 is 5.73 Å². The van der Waals surface area contributed by atoms with Gasteiger partial charge in [0.1, 0.15) is 19.3 Å². The third-order valence-corrected chi connectivity index (χ3v) is 2.12. The van der Waals surface area contributed by atoms with Crippen molar-refractivity contribution >= 4 is 11.9 Å². The molecule has 0 aromatic carbocycles. The Hall–Kier alpha value is -1.26. The van der Waals surface area contributed by atoms with Gasteiger partial charge in [0.05, 0.1) is 46.1 Å². The molecule has 4 N–H and O–H groups in total. The van der Waals surface area contributed by atoms with Crippen LogP contribution in [0.25, 0.3) is 0 Å². The van der Waals surface area contributed by atoms with Gasteiger partial charge in [0.2, 0.25) is 0 Å². The number of aliphatic hydroxyl groups is 2. The summed E-state index contributed by atoms with van der Waals surface area (Å²) in [5.74, 6) is -1.36. The molecule has 0 amide bonds. The van der Waals surface area contributed by atoms with Gasteiger partial charge in [-0.1, -0.05) is 0 Å². The van der Waals surface area contributed by atoms with Crippen molar-refractivity contribution in [3.63, 3.8) is 0 Å². The smallest absolute Gasteiger partial charge is 0.323 e. The zero-order valence-corrected chi connectivity index (χ0v) is 11.9. The Morgan fingerprint density at radius 3 is 1.90 bits per heavy atom. The molecule has 0 aliphatic carbocycles. The molecule has 0 heterocycles. The molecule has 0 rings (SSSR count). The van der Waals surface area contributed by atoms with Crippen LogP contribution in [0.1, 0.15) is 6.42 Å². The molecule has 0 bridgehead atoms. The maximum atomic E-state index is 11.4. The molecular weight excluding hydrogens is 286 g/mol. The van der Waals surface area contributed by atoms with Gasteiger partial charge in [0, 0.05) is 0 Å². The molecule has 0 saturated carbocycles. The lowest BCUT2D eigenvalue weighted by molar-refractivity contribution is -0.153. The molecule has 0 aliphatic rings. The molecule has 0 aliphatic heterocycles. The van der Waals surface area contributed by atoms with Crippen molar-refractivity contribution in [2.45, 2.75) is 12.5 Å². The summed E-state index contributed by atoms with van der Waals surface area (Å²) in [7, 11) is 0. The number of carbonyl (C=O) groups excluding carboxylic acids is 2. The first-order valence-corrected chi connectivity index (χ1v) is 6.56. The van der Waals surface area contributed by atoms with E-state index in [0.717, 1.165) is 0 Å². The van der Waals surface area contributed by atoms with Gasteiger partial charge in [-0.25, -0.2) is 0 Å². The standard InChI is InChI=1S/C12H23NO8/c13-10(12(17)21-8-6-19-4-2-15)9-11(16)20-7-5-18-3-1-14/h10,14-15H,1-9,13H2. The first-order chi connectivity index (χ1) is 10.1. The maximum absolute atomic E-state index is 11.4. The highest BCUT2D eigenvalue weighted by Crippen LogP contribution is 1.96. The second-order valence-corrected chi connectivity index (χ2v) is 3.87. The molecule has 124 valence electrons. The molecule has 0 fully saturated rings. The number of hydrogen-bond donors (Lipinski definition) is 3. The third-order valence-electron chi connectivity index (χ3n) is 2.12. The van der Waals surface area contributed by atoms with Gasteiger partial charge < -0.3 is 34.9 Å². The molecule has 1 unspecified atom stereocenters. The second-order valence-electron chi connectivity index (χ2n) is 3.87. The molecule has 9 nitrogen and oxygen atoms in total. The topological polar surface area (TPSA) is 138 Å². The van der Waals surface area contributed by atoms with Crippen molar-refractivity contribution in [2.24, 2.45) is 5.73 Å². The normalized spacial score (nSPS) is 12.0. The highest BCUT2D eigenvalue weighted by atomic mass is 16.6. The molecule has 0 spiro atoms. The molecule has 0 saturated heterocycles. The second kappa shape index (κ2) is 13.7. The minimum atomic E-state index is -1.10. The SMILES string of the molecule is NC(CC(=O)OCCOCCO)C(=O)OCCOCCO. The van der Waals surface area contributed by atoms with E-state index in [2.05, 4.69) is 0 Å². The van der Waals surface area contributed by atoms with E-state index < -0.39 is 18.0 Å². The molecular formula is C12H23NO8. The summed E-state index contributed by atoms with van der Waals surface area (Å²) in [4.78, 5) is 22.8. The Labute approximate surface area is 122 Å². The van der Waals surface area contributed by atoms with Crippen molar-refractivity contribution < 1.29 is 38.7 Å². The van der Waals surface area contributed by atoms with Crippen LogP contribution >= 0.6 is 0 Å². The van der Waals surface area contributed by atoms with Crippen LogP contribution in [0.4, 0.5) is 0 Å². The average molecular weight is 309 g/mol. The van der Waals surface area contributed by atoms with Crippen molar-refractivity contribution in [3.8, 4) is 0 Å². The van der Waals surface area contributed by atoms with E-state index in [4.69, 9.17) is 34.9 Å². The van der Waals surface area contributed by atoms with Crippen LogP contribution in [0.3, 0.4) is 0 Å². The minimum absolute atomic E-state index is 0.00339. The summed E-state index contributed by atoms with van der Waals surface area (Å²) < 4.78 is 19.3. The van der Waals surface area contributed by atoms with E-state index in [0.29, 0.717) is 0 Å². The van der Waals surface area contributed by atoms with E-state index in [1.807, 2.05) is 0 Å². The molecule has 0 aromatic rings. The molecule has 0 radical (unpaired) electrons. The van der Waals surface area contributed by atoms with Gasteiger partial charge >= 0.3 is 11.9 Å². The van der Waals surface area contributed by atoms with Crippen molar-refractivity contribution in [3.05, 3.63) is 0 Å². The molecule has 0 aromatic heterocycles. The van der Waals surface area contributed by atoms with Gasteiger partial charge in [-0.3, -0.25) is 9.59 Å². The number of hydrogen-bond acceptors (Lipinski definition) is 9. The highest BCUT2D eigenvalue weighted by Gasteiger charge is 2.19. The Morgan fingerprint density at radius 1 is 0.857 bits per heavy atom. The Bertz CT molecular complexity index is 286. The first-order valence-electron chi connectivity index (χ1n) is 6.56. The third kappa shape index (κ3) is 12.2. The summed E-state index contributed by atoms with van der Waals surface area (Å²) in [6, 6.07) is -1.10. The zero-order chi connectivity index (χ0) is 15.9. The largest absolute Gasteiger partial charge is 0.463 e. The predicted octanol–water partition coefficient (Wildman–Crippen LogP) is -2.19. The molecule has 1 atom stereocenters. The Morgan fingerprint density at radius 2 is 1.38 bits per heavy atom. The van der Waals surface area contributed by atoms with Crippen molar-refractivity contribution in [1.29, 1.82) is 0 Å². The number of ether oxygens (including phenoxy) is 4. The zero-order valence-electron chi connectivity index (χ0n) is 11.9. The Balaban J connectivity index is 3.62. The van der Waals surface area contributed by atoms with E-state index in [1.54, 1.807) is 0 Å². The number of rotatable bonds is 13. The van der Waals surface area contributed by atoms with Gasteiger partial charge in [0.15, 0.2) is 0 Å². The number of aliphatic hydroxyl groups excluding tert-OH is 2. The van der Waals surface area contributed by atoms with Gasteiger partial charge in [0.25, 0.3) is 0 Å². The van der Waals surface area contributed by atoms with Crippen molar-refractivity contribution in [1.82, 2.24) is 0 Å². The summed E-state index contributed by atoms with van der Waals surface area (Å²) in [6.45, 7) is 0.441. The molecule has 21 heavy (non-hydrogen) atoms. The number of esters is 2. The lowest BCUT2D eigenvalue weighted by Crippen LogP contribution is -2.35. The summed E-state index contributed by atoms with van der Waals surface area (Å²) >= 11 is 0. The fraction of sp³-hybridized carbons (Fsp3) is 0.833. The van der Waals surface area contributed by atoms with Crippen LogP contribution in [0, 0.1) is 0 Å². The van der Waals surface area contributed by atoms with Crippen LogP contribution in [0.2, 0.25) is 0 Å². The first kappa shape index (κ1) is 19.7. The molecule has 9 heteroatoms. The van der Waals surface area contributed by atoms with E-state index >= 15 is 0 Å². The van der Waals surface area contributed by atoms with E-state index in [9.17, 15) is 9.59 Å². The van der Waals surface area contributed by atoms with Gasteiger partial charge in [-0.05, 0) is 0 Å². The lowest BCUT2D eigenvalue weighted by Gasteiger charge is -2.11. The minimum Gasteiger partial charge on any atom is -0.463 e. The van der Waals surface area contributed by atoms with Crippen LogP contribution in [0.5, 0.6) is 0 Å². The summed E-state index contributed by atoms with van der Waals surface area (Å²) in [6.07, 6.45) is -0.295. The quantitative estimate of drug-likeness (QED) is 0.256. The van der Waals surface area contributed by atoms with E-state index in [1.165, 1.54) is 0 Å². The van der Waals surface area contributed by atoms with Crippen molar-refractivity contribution in [2.75, 3.05) is 52.9 Å². The van der Waals surface area contributed by atoms with Crippen LogP contribution in [0.15, 0.2) is 0 Å².